The molecule has 0 unspecified atom stereocenters. The Balaban J connectivity index is 1.56. The van der Waals surface area contributed by atoms with Gasteiger partial charge in [-0.15, -0.1) is 0 Å². The summed E-state index contributed by atoms with van der Waals surface area (Å²) in [4.78, 5) is 12.8. The zero-order valence-electron chi connectivity index (χ0n) is 13.2. The van der Waals surface area contributed by atoms with Crippen LogP contribution in [0.4, 0.5) is 16.0 Å². The Labute approximate surface area is 154 Å². The topological polar surface area (TPSA) is 44.3 Å². The Hall–Kier alpha value is -1.80. The molecular weight excluding hydrogens is 393 g/mol. The van der Waals surface area contributed by atoms with Crippen LogP contribution in [0.3, 0.4) is 0 Å². The van der Waals surface area contributed by atoms with E-state index < -0.39 is 0 Å². The molecule has 1 aromatic carbocycles. The fourth-order valence-corrected chi connectivity index (χ4v) is 2.96. The maximum atomic E-state index is 13.6. The number of piperazine rings is 1. The Morgan fingerprint density at radius 3 is 2.50 bits per heavy atom. The third-order valence-electron chi connectivity index (χ3n) is 3.88. The number of aryl methyl sites for hydroxylation is 1. The van der Waals surface area contributed by atoms with Crippen molar-refractivity contribution in [2.24, 2.45) is 0 Å². The SMILES string of the molecule is Cc1ccc(NC(=S)N2CCN(c3ncc(Br)cn3)CC2)cc1F. The minimum Gasteiger partial charge on any atom is -0.345 e. The smallest absolute Gasteiger partial charge is 0.225 e. The average molecular weight is 410 g/mol. The van der Waals surface area contributed by atoms with Crippen molar-refractivity contribution in [1.29, 1.82) is 0 Å². The third kappa shape index (κ3) is 3.99. The molecular formula is C16H17BrFN5S. The van der Waals surface area contributed by atoms with Gasteiger partial charge in [-0.2, -0.15) is 0 Å². The molecule has 1 aliphatic rings. The predicted octanol–water partition coefficient (Wildman–Crippen LogP) is 3.21. The van der Waals surface area contributed by atoms with E-state index in [9.17, 15) is 4.39 Å². The highest BCUT2D eigenvalue weighted by molar-refractivity contribution is 9.10. The Kier molecular flexibility index (Phi) is 5.25. The van der Waals surface area contributed by atoms with Crippen molar-refractivity contribution in [3.8, 4) is 0 Å². The summed E-state index contributed by atoms with van der Waals surface area (Å²) in [7, 11) is 0. The number of nitrogens with one attached hydrogen (secondary N) is 1. The molecule has 0 spiro atoms. The molecule has 1 saturated heterocycles. The fourth-order valence-electron chi connectivity index (χ4n) is 2.45. The van der Waals surface area contributed by atoms with Gasteiger partial charge >= 0.3 is 0 Å². The molecule has 0 radical (unpaired) electrons. The zero-order valence-corrected chi connectivity index (χ0v) is 15.6. The van der Waals surface area contributed by atoms with E-state index in [4.69, 9.17) is 12.2 Å². The summed E-state index contributed by atoms with van der Waals surface area (Å²) < 4.78 is 14.5. The number of anilines is 2. The molecule has 1 fully saturated rings. The van der Waals surface area contributed by atoms with Crippen LogP contribution in [0.15, 0.2) is 35.1 Å². The highest BCUT2D eigenvalue weighted by Gasteiger charge is 2.20. The van der Waals surface area contributed by atoms with Gasteiger partial charge in [0.2, 0.25) is 5.95 Å². The van der Waals surface area contributed by atoms with Gasteiger partial charge in [-0.1, -0.05) is 6.07 Å². The predicted molar refractivity (Wildman–Crippen MR) is 101 cm³/mol. The number of halogens is 2. The first-order chi connectivity index (χ1) is 11.5. The first-order valence-corrected chi connectivity index (χ1v) is 8.77. The molecule has 24 heavy (non-hydrogen) atoms. The van der Waals surface area contributed by atoms with Crippen LogP contribution in [0, 0.1) is 12.7 Å². The number of nitrogens with zero attached hydrogens (tertiary/aromatic N) is 4. The van der Waals surface area contributed by atoms with E-state index >= 15 is 0 Å². The van der Waals surface area contributed by atoms with Crippen LogP contribution in [0.2, 0.25) is 0 Å². The van der Waals surface area contributed by atoms with Gasteiger partial charge in [0, 0.05) is 44.3 Å². The van der Waals surface area contributed by atoms with Crippen molar-refractivity contribution in [3.63, 3.8) is 0 Å². The number of benzene rings is 1. The molecule has 0 saturated carbocycles. The lowest BCUT2D eigenvalue weighted by molar-refractivity contribution is 0.388. The molecule has 1 N–H and O–H groups in total. The van der Waals surface area contributed by atoms with Crippen molar-refractivity contribution >= 4 is 44.9 Å². The highest BCUT2D eigenvalue weighted by Crippen LogP contribution is 2.16. The summed E-state index contributed by atoms with van der Waals surface area (Å²) >= 11 is 8.78. The Morgan fingerprint density at radius 2 is 1.88 bits per heavy atom. The maximum Gasteiger partial charge on any atom is 0.225 e. The van der Waals surface area contributed by atoms with Crippen molar-refractivity contribution in [2.45, 2.75) is 6.92 Å². The molecule has 8 heteroatoms. The van der Waals surface area contributed by atoms with Crippen LogP contribution in [0.5, 0.6) is 0 Å². The van der Waals surface area contributed by atoms with Crippen molar-refractivity contribution < 1.29 is 4.39 Å². The number of hydrogen-bond acceptors (Lipinski definition) is 4. The first-order valence-electron chi connectivity index (χ1n) is 7.57. The summed E-state index contributed by atoms with van der Waals surface area (Å²) in [6, 6.07) is 5.03. The summed E-state index contributed by atoms with van der Waals surface area (Å²) in [5.41, 5.74) is 1.29. The normalized spacial score (nSPS) is 14.6. The average Bonchev–Trinajstić information content (AvgIpc) is 2.59. The van der Waals surface area contributed by atoms with Crippen molar-refractivity contribution in [3.05, 3.63) is 46.4 Å². The van der Waals surface area contributed by atoms with Crippen LogP contribution >= 0.6 is 28.1 Å². The molecule has 5 nitrogen and oxygen atoms in total. The summed E-state index contributed by atoms with van der Waals surface area (Å²) in [6.07, 6.45) is 3.49. The van der Waals surface area contributed by atoms with Gasteiger partial charge in [-0.3, -0.25) is 0 Å². The number of thiocarbonyl (C=S) groups is 1. The molecule has 0 bridgehead atoms. The van der Waals surface area contributed by atoms with E-state index in [0.29, 0.717) is 16.4 Å². The monoisotopic (exact) mass is 409 g/mol. The molecule has 3 rings (SSSR count). The minimum atomic E-state index is -0.236. The van der Waals surface area contributed by atoms with Gasteiger partial charge in [0.05, 0.1) is 4.47 Å². The second kappa shape index (κ2) is 7.40. The van der Waals surface area contributed by atoms with Crippen molar-refractivity contribution in [1.82, 2.24) is 14.9 Å². The van der Waals surface area contributed by atoms with Gasteiger partial charge in [-0.05, 0) is 52.8 Å². The number of aromatic nitrogens is 2. The summed E-state index contributed by atoms with van der Waals surface area (Å²) in [5, 5.41) is 3.71. The Morgan fingerprint density at radius 1 is 1.21 bits per heavy atom. The Bertz CT molecular complexity index is 732. The van der Waals surface area contributed by atoms with E-state index in [1.807, 2.05) is 6.07 Å². The molecule has 0 atom stereocenters. The molecule has 2 aromatic rings. The minimum absolute atomic E-state index is 0.236. The van der Waals surface area contributed by atoms with E-state index in [1.54, 1.807) is 25.4 Å². The van der Waals surface area contributed by atoms with Crippen molar-refractivity contribution in [2.75, 3.05) is 36.4 Å². The van der Waals surface area contributed by atoms with E-state index in [-0.39, 0.29) is 5.82 Å². The van der Waals surface area contributed by atoms with Gasteiger partial charge in [0.25, 0.3) is 0 Å². The molecule has 1 aliphatic heterocycles. The molecule has 0 amide bonds. The molecule has 2 heterocycles. The maximum absolute atomic E-state index is 13.6. The quantitative estimate of drug-likeness (QED) is 0.768. The fraction of sp³-hybridized carbons (Fsp3) is 0.312. The lowest BCUT2D eigenvalue weighted by atomic mass is 10.2. The van der Waals surface area contributed by atoms with Gasteiger partial charge in [0.1, 0.15) is 5.82 Å². The van der Waals surface area contributed by atoms with Crippen LogP contribution in [0.25, 0.3) is 0 Å². The molecule has 1 aromatic heterocycles. The lowest BCUT2D eigenvalue weighted by Gasteiger charge is -2.36. The largest absolute Gasteiger partial charge is 0.345 e. The number of rotatable bonds is 2. The lowest BCUT2D eigenvalue weighted by Crippen LogP contribution is -2.50. The molecule has 126 valence electrons. The zero-order chi connectivity index (χ0) is 17.1. The standard InChI is InChI=1S/C16H17BrFN5S/c1-11-2-3-13(8-14(11)18)21-16(24)23-6-4-22(5-7-23)15-19-9-12(17)10-20-15/h2-3,8-10H,4-7H2,1H3,(H,21,24). The van der Waals surface area contributed by atoms with Gasteiger partial charge in [-0.25, -0.2) is 14.4 Å². The van der Waals surface area contributed by atoms with E-state index in [2.05, 4.69) is 41.0 Å². The van der Waals surface area contributed by atoms with Gasteiger partial charge in [0.15, 0.2) is 5.11 Å². The first kappa shape index (κ1) is 17.0. The van der Waals surface area contributed by atoms with Crippen LogP contribution < -0.4 is 10.2 Å². The number of hydrogen-bond donors (Lipinski definition) is 1. The van der Waals surface area contributed by atoms with Crippen LogP contribution in [-0.2, 0) is 0 Å². The third-order valence-corrected chi connectivity index (χ3v) is 4.65. The van der Waals surface area contributed by atoms with E-state index in [1.165, 1.54) is 6.07 Å². The molecule has 0 aliphatic carbocycles. The van der Waals surface area contributed by atoms with Crippen LogP contribution in [-0.4, -0.2) is 46.2 Å². The summed E-state index contributed by atoms with van der Waals surface area (Å²) in [6.45, 7) is 4.83. The second-order valence-corrected chi connectivity index (χ2v) is 6.87. The van der Waals surface area contributed by atoms with Gasteiger partial charge < -0.3 is 15.1 Å². The second-order valence-electron chi connectivity index (χ2n) is 5.57. The van der Waals surface area contributed by atoms with E-state index in [0.717, 1.165) is 36.6 Å². The summed E-state index contributed by atoms with van der Waals surface area (Å²) in [5.74, 6) is 0.484. The highest BCUT2D eigenvalue weighted by atomic mass is 79.9. The van der Waals surface area contributed by atoms with Crippen LogP contribution in [0.1, 0.15) is 5.56 Å².